The number of nitrogen functional groups attached to an aromatic ring is 2. The molecule has 0 radical (unpaired) electrons. The molecule has 41 heavy (non-hydrogen) atoms. The number of nitrogens with one attached hydrogen (secondary N) is 2. The molecule has 2 amide bonds. The summed E-state index contributed by atoms with van der Waals surface area (Å²) in [5.74, 6) is -3.06. The van der Waals surface area contributed by atoms with Gasteiger partial charge in [0.1, 0.15) is 12.1 Å². The lowest BCUT2D eigenvalue weighted by atomic mass is 10.1. The number of aromatic nitrogens is 4. The first-order valence-electron chi connectivity index (χ1n) is 12.4. The van der Waals surface area contributed by atoms with Crippen LogP contribution in [0, 0.1) is 0 Å². The number of benzene rings is 1. The first kappa shape index (κ1) is 30.8. The van der Waals surface area contributed by atoms with Gasteiger partial charge >= 0.3 is 11.9 Å². The van der Waals surface area contributed by atoms with Crippen LogP contribution in [0.1, 0.15) is 35.3 Å². The molecule has 1 aromatic carbocycles. The molecule has 0 aliphatic carbocycles. The third-order valence-electron chi connectivity index (χ3n) is 5.98. The van der Waals surface area contributed by atoms with Crippen molar-refractivity contribution in [3.8, 4) is 0 Å². The molecule has 2 aromatic heterocycles. The van der Waals surface area contributed by atoms with Crippen molar-refractivity contribution in [1.82, 2.24) is 30.6 Å². The van der Waals surface area contributed by atoms with E-state index in [0.717, 1.165) is 5.69 Å². The molecule has 0 unspecified atom stereocenters. The van der Waals surface area contributed by atoms with Gasteiger partial charge in [0, 0.05) is 24.7 Å². The highest BCUT2D eigenvalue weighted by Crippen LogP contribution is 2.19. The number of anilines is 3. The zero-order chi connectivity index (χ0) is 30.1. The Morgan fingerprint density at radius 2 is 1.63 bits per heavy atom. The summed E-state index contributed by atoms with van der Waals surface area (Å²) in [5.41, 5.74) is 13.6. The monoisotopic (exact) mass is 585 g/mol. The summed E-state index contributed by atoms with van der Waals surface area (Å²) in [5, 5.41) is 23.6. The van der Waals surface area contributed by atoms with Crippen molar-refractivity contribution in [2.75, 3.05) is 35.4 Å². The van der Waals surface area contributed by atoms with E-state index in [1.165, 1.54) is 23.9 Å². The molecule has 0 fully saturated rings. The Kier molecular flexibility index (Phi) is 10.6. The van der Waals surface area contributed by atoms with Gasteiger partial charge in [-0.05, 0) is 49.1 Å². The van der Waals surface area contributed by atoms with Gasteiger partial charge in [-0.3, -0.25) is 9.59 Å². The van der Waals surface area contributed by atoms with E-state index in [9.17, 15) is 29.4 Å². The molecule has 16 heteroatoms. The Labute approximate surface area is 239 Å². The normalized spacial score (nSPS) is 12.3. The number of nitrogens with zero attached hydrogens (tertiary/aromatic N) is 5. The maximum atomic E-state index is 12.7. The zero-order valence-electron chi connectivity index (χ0n) is 22.4. The Morgan fingerprint density at radius 3 is 2.27 bits per heavy atom. The van der Waals surface area contributed by atoms with Crippen LogP contribution in [0.15, 0.2) is 30.5 Å². The topological polar surface area (TPSA) is 240 Å². The van der Waals surface area contributed by atoms with Gasteiger partial charge in [-0.1, -0.05) is 0 Å². The van der Waals surface area contributed by atoms with Crippen LogP contribution in [-0.2, 0) is 20.9 Å². The van der Waals surface area contributed by atoms with E-state index < -0.39 is 35.8 Å². The summed E-state index contributed by atoms with van der Waals surface area (Å²) >= 11 is 1.45. The number of amides is 2. The summed E-state index contributed by atoms with van der Waals surface area (Å²) in [6, 6.07) is 4.04. The lowest BCUT2D eigenvalue weighted by Gasteiger charge is -2.20. The maximum absolute atomic E-state index is 12.7. The Morgan fingerprint density at radius 1 is 0.976 bits per heavy atom. The minimum atomic E-state index is -1.34. The van der Waals surface area contributed by atoms with Crippen LogP contribution in [0.5, 0.6) is 0 Å². The number of rotatable bonds is 14. The molecule has 0 bridgehead atoms. The first-order valence-corrected chi connectivity index (χ1v) is 13.8. The fourth-order valence-electron chi connectivity index (χ4n) is 3.79. The average Bonchev–Trinajstić information content (AvgIpc) is 2.93. The van der Waals surface area contributed by atoms with Gasteiger partial charge < -0.3 is 37.2 Å². The first-order chi connectivity index (χ1) is 19.5. The van der Waals surface area contributed by atoms with Crippen LogP contribution in [0.25, 0.3) is 11.2 Å². The van der Waals surface area contributed by atoms with E-state index in [2.05, 4.69) is 30.6 Å². The van der Waals surface area contributed by atoms with Crippen LogP contribution < -0.4 is 27.0 Å². The number of carbonyl (C=O) groups is 4. The average molecular weight is 586 g/mol. The van der Waals surface area contributed by atoms with E-state index in [1.54, 1.807) is 18.3 Å². The predicted octanol–water partition coefficient (Wildman–Crippen LogP) is 0.506. The third-order valence-corrected chi connectivity index (χ3v) is 6.62. The molecular weight excluding hydrogens is 554 g/mol. The molecule has 0 spiro atoms. The van der Waals surface area contributed by atoms with Crippen molar-refractivity contribution in [2.45, 2.75) is 37.9 Å². The smallest absolute Gasteiger partial charge is 0.326 e. The molecule has 0 saturated heterocycles. The largest absolute Gasteiger partial charge is 0.480 e. The van der Waals surface area contributed by atoms with Crippen molar-refractivity contribution in [2.24, 2.45) is 0 Å². The Balaban J connectivity index is 1.58. The van der Waals surface area contributed by atoms with Crippen LogP contribution in [0.4, 0.5) is 17.5 Å². The van der Waals surface area contributed by atoms with Gasteiger partial charge in [0.15, 0.2) is 17.0 Å². The lowest BCUT2D eigenvalue weighted by Crippen LogP contribution is -2.44. The summed E-state index contributed by atoms with van der Waals surface area (Å²) in [6.07, 6.45) is 3.12. The van der Waals surface area contributed by atoms with Gasteiger partial charge in [0.05, 0.1) is 18.4 Å². The van der Waals surface area contributed by atoms with Gasteiger partial charge in [-0.2, -0.15) is 21.7 Å². The van der Waals surface area contributed by atoms with Gasteiger partial charge in [-0.25, -0.2) is 19.6 Å². The molecule has 8 N–H and O–H groups in total. The second kappa shape index (κ2) is 14.1. The highest BCUT2D eigenvalue weighted by Gasteiger charge is 2.24. The van der Waals surface area contributed by atoms with Crippen molar-refractivity contribution in [1.29, 1.82) is 0 Å². The number of aliphatic carboxylic acids is 2. The minimum absolute atomic E-state index is 0.00414. The van der Waals surface area contributed by atoms with Crippen LogP contribution in [0.2, 0.25) is 0 Å². The third kappa shape index (κ3) is 8.63. The number of thioether (sulfide) groups is 1. The van der Waals surface area contributed by atoms with Gasteiger partial charge in [0.2, 0.25) is 11.9 Å². The number of nitrogens with two attached hydrogens (primary N) is 2. The number of hydrogen-bond acceptors (Lipinski definition) is 12. The van der Waals surface area contributed by atoms with E-state index in [-0.39, 0.29) is 42.2 Å². The summed E-state index contributed by atoms with van der Waals surface area (Å²) in [4.78, 5) is 66.4. The number of carbonyl (C=O) groups excluding carboxylic acids is 2. The van der Waals surface area contributed by atoms with Crippen LogP contribution >= 0.6 is 11.8 Å². The van der Waals surface area contributed by atoms with Gasteiger partial charge in [0.25, 0.3) is 5.91 Å². The molecule has 3 rings (SSSR count). The summed E-state index contributed by atoms with van der Waals surface area (Å²) in [7, 11) is 1.81. The molecule has 2 heterocycles. The standard InChI is InChI=1S/C25H31N9O6S/c1-34(12-14-11-28-21-19(29-14)20(26)32-25(27)33-21)15-5-3-13(4-6-15)22(36)31-16(23(37)38)7-8-18(35)30-17(24(39)40)9-10-41-2/h3-6,11,16-17H,7-10,12H2,1-2H3,(H,30,35)(H,31,36)(H,37,38)(H,39,40)(H4,26,27,28,32,33)/t16-,17-/m0/s1. The van der Waals surface area contributed by atoms with E-state index in [0.29, 0.717) is 23.5 Å². The van der Waals surface area contributed by atoms with Crippen LogP contribution in [0.3, 0.4) is 0 Å². The number of fused-ring (bicyclic) bond motifs is 1. The predicted molar refractivity (Wildman–Crippen MR) is 153 cm³/mol. The lowest BCUT2D eigenvalue weighted by molar-refractivity contribution is -0.142. The molecular formula is C25H31N9O6S. The molecule has 0 aliphatic rings. The highest BCUT2D eigenvalue weighted by molar-refractivity contribution is 7.98. The molecule has 3 aromatic rings. The van der Waals surface area contributed by atoms with Crippen LogP contribution in [-0.4, -0.2) is 85.0 Å². The van der Waals surface area contributed by atoms with E-state index >= 15 is 0 Å². The van der Waals surface area contributed by atoms with Crippen molar-refractivity contribution in [3.63, 3.8) is 0 Å². The second-order valence-electron chi connectivity index (χ2n) is 9.05. The van der Waals surface area contributed by atoms with Gasteiger partial charge in [-0.15, -0.1) is 0 Å². The van der Waals surface area contributed by atoms with E-state index in [1.807, 2.05) is 18.2 Å². The highest BCUT2D eigenvalue weighted by atomic mass is 32.2. The second-order valence-corrected chi connectivity index (χ2v) is 10.0. The fourth-order valence-corrected chi connectivity index (χ4v) is 4.27. The van der Waals surface area contributed by atoms with Crippen molar-refractivity contribution < 1.29 is 29.4 Å². The Hall–Kier alpha value is -4.73. The number of carboxylic acids is 2. The zero-order valence-corrected chi connectivity index (χ0v) is 23.2. The molecule has 2 atom stereocenters. The van der Waals surface area contributed by atoms with Crippen molar-refractivity contribution in [3.05, 3.63) is 41.7 Å². The fraction of sp³-hybridized carbons (Fsp3) is 0.360. The minimum Gasteiger partial charge on any atom is -0.480 e. The molecule has 0 saturated carbocycles. The van der Waals surface area contributed by atoms with Crippen molar-refractivity contribution >= 4 is 64.1 Å². The summed E-state index contributed by atoms with van der Waals surface area (Å²) < 4.78 is 0. The van der Waals surface area contributed by atoms with E-state index in [4.69, 9.17) is 11.5 Å². The number of carboxylic acid groups (broad SMARTS) is 2. The maximum Gasteiger partial charge on any atom is 0.326 e. The summed E-state index contributed by atoms with van der Waals surface area (Å²) in [6.45, 7) is 0.349. The Bertz CT molecular complexity index is 1420. The molecule has 15 nitrogen and oxygen atoms in total. The molecule has 218 valence electrons. The quantitative estimate of drug-likeness (QED) is 0.151. The SMILES string of the molecule is CSCC[C@H](NC(=O)CC[C@H](NC(=O)c1ccc(N(C)Cc2cnc3nc(N)nc(N)c3n2)cc1)C(=O)O)C(=O)O. The molecule has 0 aliphatic heterocycles. The number of hydrogen-bond donors (Lipinski definition) is 6.